The Labute approximate surface area is 169 Å². The minimum absolute atomic E-state index is 0.129. The second-order valence-corrected chi connectivity index (χ2v) is 7.14. The molecule has 29 heavy (non-hydrogen) atoms. The van der Waals surface area contributed by atoms with Gasteiger partial charge in [-0.2, -0.15) is 0 Å². The molecule has 4 N–H and O–H groups in total. The van der Waals surface area contributed by atoms with Crippen LogP contribution in [0.1, 0.15) is 51.6 Å². The molecule has 0 fully saturated rings. The Morgan fingerprint density at radius 3 is 2.00 bits per heavy atom. The van der Waals surface area contributed by atoms with Crippen molar-refractivity contribution in [1.82, 2.24) is 0 Å². The maximum atomic E-state index is 13.4. The Morgan fingerprint density at radius 1 is 0.793 bits per heavy atom. The van der Waals surface area contributed by atoms with E-state index in [1.165, 1.54) is 0 Å². The molecule has 0 spiro atoms. The van der Waals surface area contributed by atoms with Crippen LogP contribution in [0, 0.1) is 0 Å². The van der Waals surface area contributed by atoms with Crippen molar-refractivity contribution in [3.8, 4) is 0 Å². The first kappa shape index (κ1) is 18.7. The summed E-state index contributed by atoms with van der Waals surface area (Å²) in [5.41, 5.74) is 10.3. The van der Waals surface area contributed by atoms with Crippen LogP contribution in [-0.4, -0.2) is 18.1 Å². The number of fused-ring (bicyclic) bond motifs is 2. The lowest BCUT2D eigenvalue weighted by Crippen LogP contribution is -2.24. The monoisotopic (exact) mass is 385 g/mol. The third-order valence-electron chi connectivity index (χ3n) is 5.11. The second kappa shape index (κ2) is 7.80. The minimum Gasteiger partial charge on any atom is -0.399 e. The van der Waals surface area contributed by atoms with Gasteiger partial charge in [-0.3, -0.25) is 9.59 Å². The molecule has 0 saturated carbocycles. The zero-order valence-corrected chi connectivity index (χ0v) is 16.3. The van der Waals surface area contributed by atoms with Gasteiger partial charge in [0.2, 0.25) is 0 Å². The number of nitrogen functional groups attached to an aromatic ring is 1. The van der Waals surface area contributed by atoms with E-state index in [9.17, 15) is 9.59 Å². The van der Waals surface area contributed by atoms with E-state index in [1.807, 2.05) is 24.3 Å². The summed E-state index contributed by atoms with van der Waals surface area (Å²) in [6.45, 7) is 2.86. The number of nitrogens with one attached hydrogen (secondary N) is 2. The van der Waals surface area contributed by atoms with E-state index >= 15 is 0 Å². The van der Waals surface area contributed by atoms with Crippen LogP contribution in [0.25, 0.3) is 0 Å². The molecule has 146 valence electrons. The maximum Gasteiger partial charge on any atom is 0.196 e. The lowest BCUT2D eigenvalue weighted by atomic mass is 9.82. The van der Waals surface area contributed by atoms with Crippen LogP contribution in [0.3, 0.4) is 0 Å². The summed E-state index contributed by atoms with van der Waals surface area (Å²) in [5, 5.41) is 6.62. The molecule has 1 aliphatic carbocycles. The number of unbranched alkanes of at least 4 members (excludes halogenated alkanes) is 1. The number of benzene rings is 3. The quantitative estimate of drug-likeness (QED) is 0.321. The van der Waals surface area contributed by atoms with Gasteiger partial charge in [-0.15, -0.1) is 0 Å². The highest BCUT2D eigenvalue weighted by molar-refractivity contribution is 6.32. The molecule has 3 aromatic rings. The highest BCUT2D eigenvalue weighted by atomic mass is 16.1. The predicted molar refractivity (Wildman–Crippen MR) is 117 cm³/mol. The maximum absolute atomic E-state index is 13.4. The van der Waals surface area contributed by atoms with Crippen LogP contribution in [0.15, 0.2) is 60.7 Å². The number of carbonyl (C=O) groups excluding carboxylic acids is 2. The van der Waals surface area contributed by atoms with Crippen molar-refractivity contribution in [2.24, 2.45) is 0 Å². The summed E-state index contributed by atoms with van der Waals surface area (Å²) in [6, 6.07) is 18.0. The van der Waals surface area contributed by atoms with Gasteiger partial charge in [0, 0.05) is 34.7 Å². The van der Waals surface area contributed by atoms with Gasteiger partial charge in [0.1, 0.15) is 0 Å². The van der Waals surface area contributed by atoms with Gasteiger partial charge in [0.15, 0.2) is 11.6 Å². The van der Waals surface area contributed by atoms with E-state index < -0.39 is 0 Å². The highest BCUT2D eigenvalue weighted by Crippen LogP contribution is 2.37. The van der Waals surface area contributed by atoms with Crippen LogP contribution < -0.4 is 16.4 Å². The molecule has 5 heteroatoms. The van der Waals surface area contributed by atoms with Gasteiger partial charge < -0.3 is 16.4 Å². The molecule has 0 amide bonds. The third kappa shape index (κ3) is 3.47. The molecular formula is C24H23N3O2. The standard InChI is InChI=1S/C24H23N3O2/c1-2-3-14-26-19-12-13-20(27-16-10-8-15(25)9-11-16)22-21(19)23(28)17-6-4-5-7-18(17)24(22)29/h4-13,26-27H,2-3,14,25H2,1H3. The van der Waals surface area contributed by atoms with Gasteiger partial charge in [-0.25, -0.2) is 0 Å². The SMILES string of the molecule is CCCCNc1ccc(Nc2ccc(N)cc2)c2c1C(=O)c1ccccc1C2=O. The van der Waals surface area contributed by atoms with Crippen LogP contribution in [0.4, 0.5) is 22.7 Å². The molecule has 0 radical (unpaired) electrons. The number of anilines is 4. The molecule has 0 unspecified atom stereocenters. The fraction of sp³-hybridized carbons (Fsp3) is 0.167. The Hall–Kier alpha value is -3.60. The molecule has 0 saturated heterocycles. The van der Waals surface area contributed by atoms with E-state index in [2.05, 4.69) is 17.6 Å². The van der Waals surface area contributed by atoms with Gasteiger partial charge >= 0.3 is 0 Å². The molecule has 0 heterocycles. The first-order valence-electron chi connectivity index (χ1n) is 9.82. The average molecular weight is 385 g/mol. The normalized spacial score (nSPS) is 12.3. The molecule has 0 bridgehead atoms. The van der Waals surface area contributed by atoms with Crippen LogP contribution >= 0.6 is 0 Å². The molecule has 0 aromatic heterocycles. The Bertz CT molecular complexity index is 1090. The summed E-state index contributed by atoms with van der Waals surface area (Å²) in [6.07, 6.45) is 2.03. The largest absolute Gasteiger partial charge is 0.399 e. The van der Waals surface area contributed by atoms with Crippen LogP contribution in [0.2, 0.25) is 0 Å². The number of hydrogen-bond acceptors (Lipinski definition) is 5. The molecule has 0 aliphatic heterocycles. The Morgan fingerprint density at radius 2 is 1.38 bits per heavy atom. The summed E-state index contributed by atoms with van der Waals surface area (Å²) >= 11 is 0. The van der Waals surface area contributed by atoms with E-state index in [0.29, 0.717) is 39.3 Å². The molecular weight excluding hydrogens is 362 g/mol. The fourth-order valence-electron chi connectivity index (χ4n) is 3.60. The molecule has 5 nitrogen and oxygen atoms in total. The van der Waals surface area contributed by atoms with Crippen molar-refractivity contribution in [2.75, 3.05) is 22.9 Å². The van der Waals surface area contributed by atoms with Crippen molar-refractivity contribution in [3.05, 3.63) is 82.9 Å². The van der Waals surface area contributed by atoms with E-state index in [1.54, 1.807) is 36.4 Å². The highest BCUT2D eigenvalue weighted by Gasteiger charge is 2.33. The third-order valence-corrected chi connectivity index (χ3v) is 5.11. The van der Waals surface area contributed by atoms with Crippen LogP contribution in [0.5, 0.6) is 0 Å². The first-order valence-corrected chi connectivity index (χ1v) is 9.82. The van der Waals surface area contributed by atoms with Crippen molar-refractivity contribution >= 4 is 34.3 Å². The summed E-state index contributed by atoms with van der Waals surface area (Å²) in [4.78, 5) is 26.7. The number of nitrogens with two attached hydrogens (primary N) is 1. The molecule has 0 atom stereocenters. The second-order valence-electron chi connectivity index (χ2n) is 7.14. The van der Waals surface area contributed by atoms with E-state index in [-0.39, 0.29) is 11.6 Å². The number of carbonyl (C=O) groups is 2. The molecule has 1 aliphatic rings. The topological polar surface area (TPSA) is 84.2 Å². The lowest BCUT2D eigenvalue weighted by Gasteiger charge is -2.24. The van der Waals surface area contributed by atoms with Gasteiger partial charge in [0.05, 0.1) is 16.8 Å². The van der Waals surface area contributed by atoms with Crippen molar-refractivity contribution in [3.63, 3.8) is 0 Å². The smallest absolute Gasteiger partial charge is 0.196 e. The lowest BCUT2D eigenvalue weighted by molar-refractivity contribution is 0.0980. The molecule has 3 aromatic carbocycles. The minimum atomic E-state index is -0.146. The van der Waals surface area contributed by atoms with E-state index in [0.717, 1.165) is 25.1 Å². The zero-order valence-electron chi connectivity index (χ0n) is 16.3. The molecule has 4 rings (SSSR count). The van der Waals surface area contributed by atoms with Crippen molar-refractivity contribution in [2.45, 2.75) is 19.8 Å². The Kier molecular flexibility index (Phi) is 5.04. The zero-order chi connectivity index (χ0) is 20.4. The van der Waals surface area contributed by atoms with Crippen molar-refractivity contribution < 1.29 is 9.59 Å². The van der Waals surface area contributed by atoms with Gasteiger partial charge in [0.25, 0.3) is 0 Å². The first-order chi connectivity index (χ1) is 14.1. The predicted octanol–water partition coefficient (Wildman–Crippen LogP) is 5.00. The van der Waals surface area contributed by atoms with Crippen LogP contribution in [-0.2, 0) is 0 Å². The van der Waals surface area contributed by atoms with Gasteiger partial charge in [-0.05, 0) is 42.8 Å². The number of hydrogen-bond donors (Lipinski definition) is 3. The van der Waals surface area contributed by atoms with Gasteiger partial charge in [-0.1, -0.05) is 37.6 Å². The number of ketones is 2. The summed E-state index contributed by atoms with van der Waals surface area (Å²) in [5.74, 6) is -0.276. The average Bonchev–Trinajstić information content (AvgIpc) is 2.74. The van der Waals surface area contributed by atoms with Crippen molar-refractivity contribution in [1.29, 1.82) is 0 Å². The summed E-state index contributed by atoms with van der Waals surface area (Å²) in [7, 11) is 0. The fourth-order valence-corrected chi connectivity index (χ4v) is 3.60. The summed E-state index contributed by atoms with van der Waals surface area (Å²) < 4.78 is 0. The van der Waals surface area contributed by atoms with E-state index in [4.69, 9.17) is 5.73 Å². The number of rotatable bonds is 6. The Balaban J connectivity index is 1.83.